The minimum Gasteiger partial charge on any atom is -0.381 e. The molecule has 3 heterocycles. The highest BCUT2D eigenvalue weighted by Crippen LogP contribution is 2.17. The van der Waals surface area contributed by atoms with Gasteiger partial charge in [0, 0.05) is 56.6 Å². The third-order valence-electron chi connectivity index (χ3n) is 3.35. The molecule has 0 aliphatic carbocycles. The van der Waals surface area contributed by atoms with E-state index in [9.17, 15) is 0 Å². The summed E-state index contributed by atoms with van der Waals surface area (Å²) in [6.07, 6.45) is 5.15. The highest BCUT2D eigenvalue weighted by atomic mass is 16.5. The fourth-order valence-corrected chi connectivity index (χ4v) is 2.38. The SMILES string of the molecule is c1nc(CC2CCOC2)nc2c1CNCC2. The summed E-state index contributed by atoms with van der Waals surface area (Å²) >= 11 is 0. The molecular formula is C12H17N3O. The molecule has 2 aliphatic heterocycles. The lowest BCUT2D eigenvalue weighted by Gasteiger charge is -2.16. The Bertz CT molecular complexity index is 375. The number of rotatable bonds is 2. The van der Waals surface area contributed by atoms with Crippen molar-refractivity contribution in [2.45, 2.75) is 25.8 Å². The maximum Gasteiger partial charge on any atom is 0.128 e. The van der Waals surface area contributed by atoms with Gasteiger partial charge >= 0.3 is 0 Å². The van der Waals surface area contributed by atoms with Crippen LogP contribution in [-0.4, -0.2) is 29.7 Å². The van der Waals surface area contributed by atoms with Crippen molar-refractivity contribution in [1.29, 1.82) is 0 Å². The molecule has 1 saturated heterocycles. The zero-order valence-electron chi connectivity index (χ0n) is 9.41. The molecule has 3 rings (SSSR count). The molecule has 0 amide bonds. The van der Waals surface area contributed by atoms with Gasteiger partial charge in [0.2, 0.25) is 0 Å². The summed E-state index contributed by atoms with van der Waals surface area (Å²) in [5, 5.41) is 3.33. The smallest absolute Gasteiger partial charge is 0.128 e. The third-order valence-corrected chi connectivity index (χ3v) is 3.35. The molecule has 1 aromatic rings. The zero-order valence-corrected chi connectivity index (χ0v) is 9.41. The van der Waals surface area contributed by atoms with E-state index < -0.39 is 0 Å². The normalized spacial score (nSPS) is 24.4. The van der Waals surface area contributed by atoms with E-state index in [0.717, 1.165) is 51.4 Å². The van der Waals surface area contributed by atoms with Gasteiger partial charge in [-0.25, -0.2) is 9.97 Å². The van der Waals surface area contributed by atoms with Crippen LogP contribution in [0.3, 0.4) is 0 Å². The number of hydrogen-bond acceptors (Lipinski definition) is 4. The van der Waals surface area contributed by atoms with Gasteiger partial charge in [-0.2, -0.15) is 0 Å². The number of ether oxygens (including phenoxy) is 1. The fourth-order valence-electron chi connectivity index (χ4n) is 2.38. The van der Waals surface area contributed by atoms with Crippen molar-refractivity contribution in [1.82, 2.24) is 15.3 Å². The number of hydrogen-bond donors (Lipinski definition) is 1. The molecule has 0 aromatic carbocycles. The summed E-state index contributed by atoms with van der Waals surface area (Å²) in [7, 11) is 0. The van der Waals surface area contributed by atoms with Crippen LogP contribution in [0.15, 0.2) is 6.20 Å². The van der Waals surface area contributed by atoms with Gasteiger partial charge in [-0.05, 0) is 12.3 Å². The van der Waals surface area contributed by atoms with Crippen molar-refractivity contribution in [3.63, 3.8) is 0 Å². The summed E-state index contributed by atoms with van der Waals surface area (Å²) in [5.41, 5.74) is 2.50. The molecule has 0 bridgehead atoms. The van der Waals surface area contributed by atoms with E-state index in [-0.39, 0.29) is 0 Å². The zero-order chi connectivity index (χ0) is 10.8. The Hall–Kier alpha value is -1.00. The van der Waals surface area contributed by atoms with Crippen molar-refractivity contribution in [3.8, 4) is 0 Å². The number of nitrogens with one attached hydrogen (secondary N) is 1. The van der Waals surface area contributed by atoms with Gasteiger partial charge < -0.3 is 10.1 Å². The van der Waals surface area contributed by atoms with E-state index >= 15 is 0 Å². The maximum absolute atomic E-state index is 5.38. The molecule has 1 fully saturated rings. The van der Waals surface area contributed by atoms with Crippen molar-refractivity contribution in [2.75, 3.05) is 19.8 Å². The fraction of sp³-hybridized carbons (Fsp3) is 0.667. The Morgan fingerprint density at radius 2 is 2.50 bits per heavy atom. The predicted octanol–water partition coefficient (Wildman–Crippen LogP) is 0.701. The second-order valence-corrected chi connectivity index (χ2v) is 4.62. The van der Waals surface area contributed by atoms with E-state index in [1.54, 1.807) is 0 Å². The summed E-state index contributed by atoms with van der Waals surface area (Å²) in [6, 6.07) is 0. The molecule has 0 radical (unpaired) electrons. The molecule has 4 nitrogen and oxygen atoms in total. The van der Waals surface area contributed by atoms with Crippen LogP contribution >= 0.6 is 0 Å². The first-order chi connectivity index (χ1) is 7.92. The van der Waals surface area contributed by atoms with E-state index in [2.05, 4.69) is 15.3 Å². The highest BCUT2D eigenvalue weighted by Gasteiger charge is 2.18. The third kappa shape index (κ3) is 2.08. The average molecular weight is 219 g/mol. The van der Waals surface area contributed by atoms with Gasteiger partial charge in [-0.1, -0.05) is 0 Å². The van der Waals surface area contributed by atoms with Gasteiger partial charge in [0.1, 0.15) is 5.82 Å². The first-order valence-corrected chi connectivity index (χ1v) is 6.04. The molecule has 0 spiro atoms. The van der Waals surface area contributed by atoms with E-state index in [1.807, 2.05) is 6.20 Å². The van der Waals surface area contributed by atoms with E-state index in [0.29, 0.717) is 5.92 Å². The van der Waals surface area contributed by atoms with Crippen LogP contribution in [-0.2, 0) is 24.1 Å². The average Bonchev–Trinajstić information content (AvgIpc) is 2.82. The molecule has 1 aromatic heterocycles. The van der Waals surface area contributed by atoms with Crippen molar-refractivity contribution >= 4 is 0 Å². The van der Waals surface area contributed by atoms with Crippen LogP contribution in [0.25, 0.3) is 0 Å². The van der Waals surface area contributed by atoms with Gasteiger partial charge in [0.15, 0.2) is 0 Å². The van der Waals surface area contributed by atoms with E-state index in [1.165, 1.54) is 11.3 Å². The van der Waals surface area contributed by atoms with Gasteiger partial charge in [0.05, 0.1) is 0 Å². The van der Waals surface area contributed by atoms with Crippen molar-refractivity contribution < 1.29 is 4.74 Å². The minimum absolute atomic E-state index is 0.625. The predicted molar refractivity (Wildman–Crippen MR) is 60.1 cm³/mol. The van der Waals surface area contributed by atoms with Gasteiger partial charge in [0.25, 0.3) is 0 Å². The topological polar surface area (TPSA) is 47.0 Å². The van der Waals surface area contributed by atoms with Crippen molar-refractivity contribution in [3.05, 3.63) is 23.3 Å². The molecule has 1 unspecified atom stereocenters. The summed E-state index contributed by atoms with van der Waals surface area (Å²) in [5.74, 6) is 1.62. The molecule has 1 N–H and O–H groups in total. The molecule has 1 atom stereocenters. The summed E-state index contributed by atoms with van der Waals surface area (Å²) < 4.78 is 5.38. The van der Waals surface area contributed by atoms with Crippen LogP contribution in [0.1, 0.15) is 23.5 Å². The molecule has 4 heteroatoms. The van der Waals surface area contributed by atoms with Gasteiger partial charge in [-0.15, -0.1) is 0 Å². The molecule has 86 valence electrons. The first kappa shape index (κ1) is 10.2. The molecule has 0 saturated carbocycles. The molecular weight excluding hydrogens is 202 g/mol. The Morgan fingerprint density at radius 3 is 3.38 bits per heavy atom. The molecule has 2 aliphatic rings. The van der Waals surface area contributed by atoms with Crippen LogP contribution < -0.4 is 5.32 Å². The maximum atomic E-state index is 5.38. The summed E-state index contributed by atoms with van der Waals surface area (Å²) in [4.78, 5) is 9.12. The first-order valence-electron chi connectivity index (χ1n) is 6.04. The lowest BCUT2D eigenvalue weighted by Crippen LogP contribution is -2.25. The van der Waals surface area contributed by atoms with Crippen LogP contribution in [0.4, 0.5) is 0 Å². The Balaban J connectivity index is 1.74. The van der Waals surface area contributed by atoms with E-state index in [4.69, 9.17) is 4.74 Å². The Labute approximate surface area is 95.4 Å². The lowest BCUT2D eigenvalue weighted by atomic mass is 10.0. The number of fused-ring (bicyclic) bond motifs is 1. The molecule has 16 heavy (non-hydrogen) atoms. The van der Waals surface area contributed by atoms with Gasteiger partial charge in [-0.3, -0.25) is 0 Å². The summed E-state index contributed by atoms with van der Waals surface area (Å²) in [6.45, 7) is 3.74. The monoisotopic (exact) mass is 219 g/mol. The second kappa shape index (κ2) is 4.47. The largest absolute Gasteiger partial charge is 0.381 e. The van der Waals surface area contributed by atoms with Crippen molar-refractivity contribution in [2.24, 2.45) is 5.92 Å². The quantitative estimate of drug-likeness (QED) is 0.795. The standard InChI is InChI=1S/C12H17N3O/c1-3-13-6-10-7-14-12(15-11(1)10)5-9-2-4-16-8-9/h7,9,13H,1-6,8H2. The van der Waals surface area contributed by atoms with Crippen LogP contribution in [0.5, 0.6) is 0 Å². The number of nitrogens with zero attached hydrogens (tertiary/aromatic N) is 2. The number of aromatic nitrogens is 2. The Morgan fingerprint density at radius 1 is 1.50 bits per heavy atom. The minimum atomic E-state index is 0.625. The highest BCUT2D eigenvalue weighted by molar-refractivity contribution is 5.20. The Kier molecular flexibility index (Phi) is 2.84. The second-order valence-electron chi connectivity index (χ2n) is 4.62. The van der Waals surface area contributed by atoms with Crippen LogP contribution in [0, 0.1) is 5.92 Å². The lowest BCUT2D eigenvalue weighted by molar-refractivity contribution is 0.185. The van der Waals surface area contributed by atoms with Crippen LogP contribution in [0.2, 0.25) is 0 Å².